The van der Waals surface area contributed by atoms with Crippen LogP contribution in [0.5, 0.6) is 0 Å². The Morgan fingerprint density at radius 1 is 1.04 bits per heavy atom. The molecule has 1 unspecified atom stereocenters. The van der Waals surface area contributed by atoms with Crippen molar-refractivity contribution < 1.29 is 9.90 Å². The maximum absolute atomic E-state index is 11.8. The summed E-state index contributed by atoms with van der Waals surface area (Å²) in [5.74, 6) is -0.842. The van der Waals surface area contributed by atoms with Crippen LogP contribution in [0.3, 0.4) is 0 Å². The van der Waals surface area contributed by atoms with Gasteiger partial charge in [0.1, 0.15) is 11.6 Å². The van der Waals surface area contributed by atoms with Crippen molar-refractivity contribution in [3.05, 3.63) is 76.9 Å². The zero-order valence-corrected chi connectivity index (χ0v) is 16.1. The molecule has 0 radical (unpaired) electrons. The van der Waals surface area contributed by atoms with Gasteiger partial charge in [-0.2, -0.15) is 5.26 Å². The predicted molar refractivity (Wildman–Crippen MR) is 109 cm³/mol. The van der Waals surface area contributed by atoms with Gasteiger partial charge in [0.2, 0.25) is 0 Å². The van der Waals surface area contributed by atoms with Gasteiger partial charge >= 0.3 is 5.97 Å². The van der Waals surface area contributed by atoms with E-state index >= 15 is 0 Å². The number of nitriles is 1. The van der Waals surface area contributed by atoms with Crippen LogP contribution in [0.15, 0.2) is 60.2 Å². The summed E-state index contributed by atoms with van der Waals surface area (Å²) in [6, 6.07) is 19.2. The molecule has 0 heterocycles. The minimum Gasteiger partial charge on any atom is -0.477 e. The van der Waals surface area contributed by atoms with Crippen molar-refractivity contribution in [1.29, 1.82) is 5.26 Å². The number of hydrogen-bond donors (Lipinski definition) is 1. The molecule has 0 aliphatic heterocycles. The Hall–Kier alpha value is -2.86. The van der Waals surface area contributed by atoms with Crippen LogP contribution in [0.25, 0.3) is 5.57 Å². The largest absolute Gasteiger partial charge is 0.477 e. The Morgan fingerprint density at radius 2 is 1.70 bits per heavy atom. The SMILES string of the molecule is CCCCCC(CC)c1ccccc1C(=C(C#N)C(=O)O)c1ccccc1. The normalized spacial score (nSPS) is 12.8. The molecule has 0 saturated carbocycles. The van der Waals surface area contributed by atoms with E-state index in [0.717, 1.165) is 36.0 Å². The molecule has 3 heteroatoms. The highest BCUT2D eigenvalue weighted by Gasteiger charge is 2.22. The standard InChI is InChI=1S/C24H27NO2/c1-3-5-7-12-18(4-2)20-15-10-11-16-21(20)23(22(17-25)24(26)27)19-13-8-6-9-14-19/h6,8-11,13-16,18H,3-5,7,12H2,1-2H3,(H,26,27). The van der Waals surface area contributed by atoms with E-state index in [-0.39, 0.29) is 5.57 Å². The van der Waals surface area contributed by atoms with E-state index in [2.05, 4.69) is 19.9 Å². The summed E-state index contributed by atoms with van der Waals surface area (Å²) in [6.07, 6.45) is 5.57. The maximum Gasteiger partial charge on any atom is 0.347 e. The van der Waals surface area contributed by atoms with Gasteiger partial charge in [0, 0.05) is 5.57 Å². The molecule has 0 saturated heterocycles. The molecule has 2 rings (SSSR count). The molecule has 2 aromatic carbocycles. The first kappa shape index (κ1) is 20.5. The molecule has 2 aromatic rings. The van der Waals surface area contributed by atoms with Crippen LogP contribution in [0, 0.1) is 11.3 Å². The smallest absolute Gasteiger partial charge is 0.347 e. The Bertz CT molecular complexity index is 831. The van der Waals surface area contributed by atoms with E-state index in [4.69, 9.17) is 0 Å². The third-order valence-corrected chi connectivity index (χ3v) is 4.96. The monoisotopic (exact) mass is 361 g/mol. The lowest BCUT2D eigenvalue weighted by Gasteiger charge is -2.21. The van der Waals surface area contributed by atoms with Gasteiger partial charge in [0.15, 0.2) is 0 Å². The van der Waals surface area contributed by atoms with Crippen molar-refractivity contribution in [2.75, 3.05) is 0 Å². The number of nitrogens with zero attached hydrogens (tertiary/aromatic N) is 1. The van der Waals surface area contributed by atoms with Gasteiger partial charge in [-0.3, -0.25) is 0 Å². The van der Waals surface area contributed by atoms with Crippen LogP contribution in [-0.4, -0.2) is 11.1 Å². The third-order valence-electron chi connectivity index (χ3n) is 4.96. The van der Waals surface area contributed by atoms with E-state index in [1.165, 1.54) is 12.8 Å². The van der Waals surface area contributed by atoms with Gasteiger partial charge in [0.05, 0.1) is 0 Å². The Labute approximate surface area is 162 Å². The van der Waals surface area contributed by atoms with Gasteiger partial charge in [0.25, 0.3) is 0 Å². The highest BCUT2D eigenvalue weighted by Crippen LogP contribution is 2.36. The molecule has 1 atom stereocenters. The molecule has 27 heavy (non-hydrogen) atoms. The second-order valence-corrected chi connectivity index (χ2v) is 6.72. The van der Waals surface area contributed by atoms with Crippen LogP contribution in [0.2, 0.25) is 0 Å². The van der Waals surface area contributed by atoms with Crippen molar-refractivity contribution in [3.8, 4) is 6.07 Å². The van der Waals surface area contributed by atoms with E-state index in [0.29, 0.717) is 11.5 Å². The van der Waals surface area contributed by atoms with Crippen molar-refractivity contribution in [2.45, 2.75) is 51.9 Å². The molecular formula is C24H27NO2. The third kappa shape index (κ3) is 5.08. The number of rotatable bonds is 9. The molecule has 140 valence electrons. The van der Waals surface area contributed by atoms with Gasteiger partial charge in [-0.15, -0.1) is 0 Å². The van der Waals surface area contributed by atoms with Gasteiger partial charge < -0.3 is 5.11 Å². The first-order chi connectivity index (χ1) is 13.1. The Kier molecular flexibility index (Phi) is 7.82. The molecule has 0 aliphatic rings. The first-order valence-corrected chi connectivity index (χ1v) is 9.66. The van der Waals surface area contributed by atoms with Crippen LogP contribution in [0.4, 0.5) is 0 Å². The van der Waals surface area contributed by atoms with Crippen LogP contribution < -0.4 is 0 Å². The minimum absolute atomic E-state index is 0.211. The van der Waals surface area contributed by atoms with E-state index in [1.54, 1.807) is 0 Å². The first-order valence-electron chi connectivity index (χ1n) is 9.66. The minimum atomic E-state index is -1.19. The average molecular weight is 361 g/mol. The number of unbranched alkanes of at least 4 members (excludes halogenated alkanes) is 2. The summed E-state index contributed by atoms with van der Waals surface area (Å²) in [5.41, 5.74) is 3.04. The van der Waals surface area contributed by atoms with E-state index in [1.807, 2.05) is 54.6 Å². The summed E-state index contributed by atoms with van der Waals surface area (Å²) in [5, 5.41) is 19.2. The number of benzene rings is 2. The summed E-state index contributed by atoms with van der Waals surface area (Å²) in [6.45, 7) is 4.36. The zero-order chi connectivity index (χ0) is 19.6. The Balaban J connectivity index is 2.65. The summed E-state index contributed by atoms with van der Waals surface area (Å²) in [4.78, 5) is 11.8. The van der Waals surface area contributed by atoms with Gasteiger partial charge in [-0.05, 0) is 35.4 Å². The number of carboxylic acids is 1. The van der Waals surface area contributed by atoms with Crippen molar-refractivity contribution in [3.63, 3.8) is 0 Å². The fourth-order valence-corrected chi connectivity index (χ4v) is 3.55. The molecule has 1 N–H and O–H groups in total. The van der Waals surface area contributed by atoms with Crippen molar-refractivity contribution in [2.24, 2.45) is 0 Å². The molecule has 0 bridgehead atoms. The predicted octanol–water partition coefficient (Wildman–Crippen LogP) is 6.17. The highest BCUT2D eigenvalue weighted by molar-refractivity contribution is 6.04. The lowest BCUT2D eigenvalue weighted by molar-refractivity contribution is -0.132. The molecule has 0 fully saturated rings. The average Bonchev–Trinajstić information content (AvgIpc) is 2.70. The number of hydrogen-bond acceptors (Lipinski definition) is 2. The molecule has 0 spiro atoms. The molecule has 0 aliphatic carbocycles. The van der Waals surface area contributed by atoms with Crippen LogP contribution >= 0.6 is 0 Å². The zero-order valence-electron chi connectivity index (χ0n) is 16.1. The summed E-state index contributed by atoms with van der Waals surface area (Å²) in [7, 11) is 0. The maximum atomic E-state index is 11.8. The summed E-state index contributed by atoms with van der Waals surface area (Å²) < 4.78 is 0. The topological polar surface area (TPSA) is 61.1 Å². The highest BCUT2D eigenvalue weighted by atomic mass is 16.4. The second-order valence-electron chi connectivity index (χ2n) is 6.72. The number of carbonyl (C=O) groups is 1. The van der Waals surface area contributed by atoms with Crippen LogP contribution in [-0.2, 0) is 4.79 Å². The Morgan fingerprint density at radius 3 is 2.30 bits per heavy atom. The fourth-order valence-electron chi connectivity index (χ4n) is 3.55. The fraction of sp³-hybridized carbons (Fsp3) is 0.333. The van der Waals surface area contributed by atoms with Gasteiger partial charge in [-0.25, -0.2) is 4.79 Å². The molecular weight excluding hydrogens is 334 g/mol. The quantitative estimate of drug-likeness (QED) is 0.330. The van der Waals surface area contributed by atoms with Crippen molar-refractivity contribution >= 4 is 11.5 Å². The summed E-state index contributed by atoms with van der Waals surface area (Å²) >= 11 is 0. The molecule has 0 aromatic heterocycles. The second kappa shape index (κ2) is 10.3. The van der Waals surface area contributed by atoms with E-state index < -0.39 is 5.97 Å². The van der Waals surface area contributed by atoms with Crippen LogP contribution in [0.1, 0.15) is 68.6 Å². The lowest BCUT2D eigenvalue weighted by Crippen LogP contribution is -2.08. The van der Waals surface area contributed by atoms with Gasteiger partial charge in [-0.1, -0.05) is 87.7 Å². The number of aliphatic carboxylic acids is 1. The lowest BCUT2D eigenvalue weighted by atomic mass is 9.82. The molecule has 3 nitrogen and oxygen atoms in total. The number of carboxylic acid groups (broad SMARTS) is 1. The van der Waals surface area contributed by atoms with Crippen molar-refractivity contribution in [1.82, 2.24) is 0 Å². The van der Waals surface area contributed by atoms with E-state index in [9.17, 15) is 15.2 Å². The molecule has 0 amide bonds.